The summed E-state index contributed by atoms with van der Waals surface area (Å²) in [6.45, 7) is 13.8. The standard InChI is InChI=1S/C31H45FN6O3/c1-20-13-36(27(12-33-20)16-37-21(2)14-35(5)15-22(37)3)17-30(40)38-23(4)19-41-31-29(38)11-25(28(18-39)34-31)10-24-6-8-26(32)9-7-24/h6-9,11,20-23,27,33,39H,10,12-19H2,1-5H3/t20-,21-,22-,23+,27-/m1/s1. The number of nitrogens with zero attached hydrogens (tertiary/aromatic N) is 5. The molecule has 3 aliphatic heterocycles. The number of ether oxygens (including phenoxy) is 1. The second kappa shape index (κ2) is 12.7. The van der Waals surface area contributed by atoms with Gasteiger partial charge < -0.3 is 25.0 Å². The Hall–Kier alpha value is -2.63. The topological polar surface area (TPSA) is 84.4 Å². The van der Waals surface area contributed by atoms with Crippen LogP contribution in [0.1, 0.15) is 44.5 Å². The molecule has 0 aliphatic carbocycles. The Balaban J connectivity index is 1.37. The van der Waals surface area contributed by atoms with Gasteiger partial charge in [-0.25, -0.2) is 9.37 Å². The molecule has 41 heavy (non-hydrogen) atoms. The molecule has 2 N–H and O–H groups in total. The molecule has 224 valence electrons. The molecule has 9 nitrogen and oxygen atoms in total. The molecular formula is C31H45FN6O3. The van der Waals surface area contributed by atoms with E-state index in [9.17, 15) is 14.3 Å². The van der Waals surface area contributed by atoms with Gasteiger partial charge >= 0.3 is 0 Å². The number of anilines is 1. The Bertz CT molecular complexity index is 1200. The van der Waals surface area contributed by atoms with Gasteiger partial charge in [-0.3, -0.25) is 14.6 Å². The molecule has 5 atom stereocenters. The zero-order chi connectivity index (χ0) is 29.3. The Morgan fingerprint density at radius 3 is 2.49 bits per heavy atom. The number of aliphatic hydroxyl groups is 1. The number of piperazine rings is 2. The summed E-state index contributed by atoms with van der Waals surface area (Å²) in [5, 5.41) is 13.7. The highest BCUT2D eigenvalue weighted by Gasteiger charge is 2.37. The van der Waals surface area contributed by atoms with Crippen molar-refractivity contribution >= 4 is 11.6 Å². The van der Waals surface area contributed by atoms with Crippen LogP contribution in [0.4, 0.5) is 10.1 Å². The number of aliphatic hydroxyl groups excluding tert-OH is 1. The molecule has 0 radical (unpaired) electrons. The van der Waals surface area contributed by atoms with Crippen LogP contribution in [0.5, 0.6) is 5.88 Å². The quantitative estimate of drug-likeness (QED) is 0.526. The molecule has 1 aromatic heterocycles. The number of carbonyl (C=O) groups excluding carboxylic acids is 1. The van der Waals surface area contributed by atoms with Crippen molar-refractivity contribution in [2.24, 2.45) is 0 Å². The van der Waals surface area contributed by atoms with Crippen molar-refractivity contribution in [1.29, 1.82) is 0 Å². The predicted octanol–water partition coefficient (Wildman–Crippen LogP) is 2.10. The van der Waals surface area contributed by atoms with Crippen molar-refractivity contribution in [3.63, 3.8) is 0 Å². The van der Waals surface area contributed by atoms with Crippen LogP contribution in [0, 0.1) is 5.82 Å². The summed E-state index contributed by atoms with van der Waals surface area (Å²) >= 11 is 0. The van der Waals surface area contributed by atoms with E-state index in [1.54, 1.807) is 12.1 Å². The lowest BCUT2D eigenvalue weighted by atomic mass is 10.0. The summed E-state index contributed by atoms with van der Waals surface area (Å²) in [6, 6.07) is 9.50. The fraction of sp³-hybridized carbons (Fsp3) is 0.613. The van der Waals surface area contributed by atoms with Crippen LogP contribution >= 0.6 is 0 Å². The van der Waals surface area contributed by atoms with E-state index in [0.717, 1.165) is 43.9 Å². The third kappa shape index (κ3) is 6.73. The van der Waals surface area contributed by atoms with Crippen molar-refractivity contribution in [3.05, 3.63) is 53.0 Å². The number of nitrogens with one attached hydrogen (secondary N) is 1. The van der Waals surface area contributed by atoms with Gasteiger partial charge in [0.25, 0.3) is 0 Å². The van der Waals surface area contributed by atoms with Crippen LogP contribution in [-0.2, 0) is 17.8 Å². The minimum atomic E-state index is -0.296. The number of hydrogen-bond donors (Lipinski definition) is 2. The van der Waals surface area contributed by atoms with Crippen molar-refractivity contribution in [1.82, 2.24) is 25.0 Å². The van der Waals surface area contributed by atoms with Gasteiger partial charge in [-0.05, 0) is 70.5 Å². The molecule has 2 saturated heterocycles. The normalized spacial score (nSPS) is 27.9. The highest BCUT2D eigenvalue weighted by molar-refractivity contribution is 5.97. The molecule has 0 unspecified atom stereocenters. The molecule has 10 heteroatoms. The van der Waals surface area contributed by atoms with E-state index < -0.39 is 0 Å². The Labute approximate surface area is 243 Å². The van der Waals surface area contributed by atoms with Crippen LogP contribution in [0.3, 0.4) is 0 Å². The molecule has 0 bridgehead atoms. The first kappa shape index (κ1) is 29.8. The molecular weight excluding hydrogens is 523 g/mol. The SMILES string of the molecule is C[C@@H]1CN(CC(=O)N2c3cc(Cc4ccc(F)cc4)c(CO)nc3OC[C@@H]2C)[C@@H](CN2[C@H](C)CN(C)C[C@H]2C)CN1. The largest absolute Gasteiger partial charge is 0.474 e. The van der Waals surface area contributed by atoms with E-state index in [2.05, 4.69) is 52.8 Å². The van der Waals surface area contributed by atoms with Crippen LogP contribution in [0.15, 0.2) is 30.3 Å². The van der Waals surface area contributed by atoms with Crippen LogP contribution in [0.2, 0.25) is 0 Å². The minimum Gasteiger partial charge on any atom is -0.474 e. The van der Waals surface area contributed by atoms with Crippen molar-refractivity contribution in [2.75, 3.05) is 57.8 Å². The maximum absolute atomic E-state index is 14.1. The van der Waals surface area contributed by atoms with Crippen LogP contribution in [-0.4, -0.2) is 114 Å². The second-order valence-electron chi connectivity index (χ2n) is 12.3. The monoisotopic (exact) mass is 568 g/mol. The summed E-state index contributed by atoms with van der Waals surface area (Å²) in [5.41, 5.74) is 2.82. The van der Waals surface area contributed by atoms with Gasteiger partial charge in [-0.15, -0.1) is 0 Å². The summed E-state index contributed by atoms with van der Waals surface area (Å²) in [4.78, 5) is 27.9. The average molecular weight is 569 g/mol. The van der Waals surface area contributed by atoms with Gasteiger partial charge in [0.15, 0.2) is 0 Å². The lowest BCUT2D eigenvalue weighted by Crippen LogP contribution is -2.64. The number of likely N-dealkylation sites (N-methyl/N-ethyl adjacent to an activating group) is 1. The van der Waals surface area contributed by atoms with Crippen LogP contribution in [0.25, 0.3) is 0 Å². The number of aromatic nitrogens is 1. The molecule has 3 aliphatic rings. The highest BCUT2D eigenvalue weighted by Crippen LogP contribution is 2.35. The first-order chi connectivity index (χ1) is 19.6. The van der Waals surface area contributed by atoms with E-state index in [1.807, 2.05) is 17.9 Å². The molecule has 1 aromatic carbocycles. The van der Waals surface area contributed by atoms with Crippen molar-refractivity contribution in [2.45, 2.75) is 70.9 Å². The zero-order valence-corrected chi connectivity index (χ0v) is 25.0. The third-order valence-corrected chi connectivity index (χ3v) is 8.80. The average Bonchev–Trinajstić information content (AvgIpc) is 2.92. The summed E-state index contributed by atoms with van der Waals surface area (Å²) in [6.07, 6.45) is 0.464. The zero-order valence-electron chi connectivity index (χ0n) is 25.0. The molecule has 4 heterocycles. The number of carbonyl (C=O) groups is 1. The second-order valence-corrected chi connectivity index (χ2v) is 12.3. The molecule has 5 rings (SSSR count). The molecule has 1 amide bonds. The number of fused-ring (bicyclic) bond motifs is 1. The van der Waals surface area contributed by atoms with Gasteiger partial charge in [-0.1, -0.05) is 12.1 Å². The van der Waals surface area contributed by atoms with E-state index in [4.69, 9.17) is 4.74 Å². The van der Waals surface area contributed by atoms with E-state index >= 15 is 0 Å². The fourth-order valence-electron chi connectivity index (χ4n) is 6.72. The summed E-state index contributed by atoms with van der Waals surface area (Å²) in [5.74, 6) is 0.0938. The Kier molecular flexibility index (Phi) is 9.25. The van der Waals surface area contributed by atoms with Gasteiger partial charge in [0.2, 0.25) is 11.8 Å². The lowest BCUT2D eigenvalue weighted by Gasteiger charge is -2.48. The van der Waals surface area contributed by atoms with Gasteiger partial charge in [0.05, 0.1) is 24.9 Å². The first-order valence-corrected chi connectivity index (χ1v) is 14.9. The number of hydrogen-bond acceptors (Lipinski definition) is 8. The third-order valence-electron chi connectivity index (χ3n) is 8.80. The lowest BCUT2D eigenvalue weighted by molar-refractivity contribution is -0.121. The summed E-state index contributed by atoms with van der Waals surface area (Å²) in [7, 11) is 2.18. The van der Waals surface area contributed by atoms with E-state index in [0.29, 0.717) is 55.0 Å². The molecule has 2 fully saturated rings. The first-order valence-electron chi connectivity index (χ1n) is 14.9. The number of amides is 1. The Morgan fingerprint density at radius 2 is 1.80 bits per heavy atom. The number of halogens is 1. The minimum absolute atomic E-state index is 0.0203. The molecule has 2 aromatic rings. The highest BCUT2D eigenvalue weighted by atomic mass is 19.1. The van der Waals surface area contributed by atoms with Crippen molar-refractivity contribution in [3.8, 4) is 5.88 Å². The van der Waals surface area contributed by atoms with Crippen LogP contribution < -0.4 is 15.0 Å². The van der Waals surface area contributed by atoms with Gasteiger partial charge in [0.1, 0.15) is 18.1 Å². The van der Waals surface area contributed by atoms with Gasteiger partial charge in [0, 0.05) is 56.9 Å². The summed E-state index contributed by atoms with van der Waals surface area (Å²) < 4.78 is 19.4. The van der Waals surface area contributed by atoms with Crippen molar-refractivity contribution < 1.29 is 19.0 Å². The maximum atomic E-state index is 14.1. The number of rotatable bonds is 7. The Morgan fingerprint density at radius 1 is 1.10 bits per heavy atom. The maximum Gasteiger partial charge on any atom is 0.241 e. The van der Waals surface area contributed by atoms with E-state index in [-0.39, 0.29) is 30.4 Å². The smallest absolute Gasteiger partial charge is 0.241 e. The fourth-order valence-corrected chi connectivity index (χ4v) is 6.72. The van der Waals surface area contributed by atoms with Gasteiger partial charge in [-0.2, -0.15) is 0 Å². The van der Waals surface area contributed by atoms with E-state index in [1.165, 1.54) is 12.1 Å². The number of benzene rings is 1. The molecule has 0 spiro atoms. The number of pyridine rings is 1. The predicted molar refractivity (Wildman–Crippen MR) is 158 cm³/mol. The molecule has 0 saturated carbocycles.